The van der Waals surface area contributed by atoms with E-state index in [1.54, 1.807) is 19.0 Å². The number of carbonyl (C=O) groups excluding carboxylic acids is 2. The van der Waals surface area contributed by atoms with E-state index in [1.807, 2.05) is 62.3 Å². The highest BCUT2D eigenvalue weighted by Gasteiger charge is 2.84. The lowest BCUT2D eigenvalue weighted by Gasteiger charge is -2.46. The third kappa shape index (κ3) is 4.10. The Morgan fingerprint density at radius 1 is 1.11 bits per heavy atom. The molecule has 0 radical (unpaired) electrons. The number of ether oxygens (including phenoxy) is 1. The van der Waals surface area contributed by atoms with Crippen LogP contribution in [0.4, 0.5) is 5.69 Å². The van der Waals surface area contributed by atoms with Crippen LogP contribution in [0.1, 0.15) is 40.4 Å². The van der Waals surface area contributed by atoms with E-state index in [1.165, 1.54) is 0 Å². The number of nitrogens with zero attached hydrogens (tertiary/aromatic N) is 2. The van der Waals surface area contributed by atoms with Crippen molar-refractivity contribution in [3.8, 4) is 5.75 Å². The lowest BCUT2D eigenvalue weighted by atomic mass is 9.60. The molecule has 234 valence electrons. The third-order valence-corrected chi connectivity index (χ3v) is 9.82. The Morgan fingerprint density at radius 2 is 1.77 bits per heavy atom. The molecule has 0 saturated carbocycles. The number of likely N-dealkylation sites (N-methyl/N-ethyl adjacent to an activating group) is 1. The number of aliphatic hydroxyl groups excluding tert-OH is 2. The van der Waals surface area contributed by atoms with E-state index in [2.05, 4.69) is 0 Å². The van der Waals surface area contributed by atoms with Crippen molar-refractivity contribution in [2.45, 2.75) is 55.6 Å². The van der Waals surface area contributed by atoms with Crippen LogP contribution in [-0.4, -0.2) is 88.2 Å². The fourth-order valence-corrected chi connectivity index (χ4v) is 8.06. The Morgan fingerprint density at radius 3 is 2.36 bits per heavy atom. The van der Waals surface area contributed by atoms with Gasteiger partial charge >= 0.3 is 0 Å². The molecule has 0 aromatic heterocycles. The Bertz CT molecular complexity index is 1650. The Hall–Kier alpha value is -3.90. The smallest absolute Gasteiger partial charge is 0.253 e. The summed E-state index contributed by atoms with van der Waals surface area (Å²) in [6.45, 7) is 1.90. The minimum absolute atomic E-state index is 0.0179. The number of primary amides is 1. The fourth-order valence-electron chi connectivity index (χ4n) is 8.06. The molecule has 1 fully saturated rings. The molecule has 3 aliphatic carbocycles. The average Bonchev–Trinajstić information content (AvgIpc) is 3.55. The zero-order chi connectivity index (χ0) is 32.1. The van der Waals surface area contributed by atoms with Crippen molar-refractivity contribution in [3.63, 3.8) is 0 Å². The number of hydrogen-bond donors (Lipinski definition) is 6. The van der Waals surface area contributed by atoms with E-state index >= 15 is 0 Å². The normalized spacial score (nSPS) is 30.3. The van der Waals surface area contributed by atoms with Crippen LogP contribution in [0.3, 0.4) is 0 Å². The quantitative estimate of drug-likeness (QED) is 0.255. The molecule has 1 spiro atoms. The molecule has 11 heteroatoms. The summed E-state index contributed by atoms with van der Waals surface area (Å²) in [7, 11) is 7.12. The highest BCUT2D eigenvalue weighted by molar-refractivity contribution is 6.15. The van der Waals surface area contributed by atoms with Crippen LogP contribution in [0.15, 0.2) is 59.1 Å². The number of Topliss-reactive ketones (excluding diaryl/α,β-unsaturated/α-hetero) is 1. The van der Waals surface area contributed by atoms with E-state index in [0.717, 1.165) is 11.3 Å². The number of ketones is 1. The maximum Gasteiger partial charge on any atom is 0.253 e. The lowest BCUT2D eigenvalue weighted by molar-refractivity contribution is -0.117. The number of benzene rings is 2. The van der Waals surface area contributed by atoms with Gasteiger partial charge in [0.25, 0.3) is 5.91 Å². The molecule has 1 aliphatic heterocycles. The SMILES string of the molecule is CN(C)c1cc(CC(C)(N)Cc2ccccc2)c(O)c2c1C[C@H]1C[C@H]3[C@H](N(C)C)C(O)=C(C(N)=O)C4(O)O[C@]34C(O)=C1C2=O. The van der Waals surface area contributed by atoms with E-state index in [4.69, 9.17) is 16.2 Å². The van der Waals surface area contributed by atoms with Crippen LogP contribution in [0.2, 0.25) is 0 Å². The predicted octanol–water partition coefficient (Wildman–Crippen LogP) is 1.85. The minimum atomic E-state index is -2.39. The first kappa shape index (κ1) is 30.1. The van der Waals surface area contributed by atoms with Crippen LogP contribution in [-0.2, 0) is 28.8 Å². The van der Waals surface area contributed by atoms with E-state index < -0.39 is 63.6 Å². The zero-order valence-corrected chi connectivity index (χ0v) is 25.6. The van der Waals surface area contributed by atoms with Gasteiger partial charge in [-0.3, -0.25) is 14.5 Å². The van der Waals surface area contributed by atoms with Gasteiger partial charge in [-0.1, -0.05) is 30.3 Å². The van der Waals surface area contributed by atoms with Crippen molar-refractivity contribution in [1.29, 1.82) is 0 Å². The number of allylic oxidation sites excluding steroid dienone is 1. The maximum absolute atomic E-state index is 14.4. The molecule has 8 N–H and O–H groups in total. The molecule has 6 rings (SSSR count). The number of aliphatic hydroxyl groups is 3. The topological polar surface area (TPSA) is 186 Å². The van der Waals surface area contributed by atoms with Crippen molar-refractivity contribution >= 4 is 17.4 Å². The van der Waals surface area contributed by atoms with E-state index in [-0.39, 0.29) is 29.7 Å². The van der Waals surface area contributed by atoms with Crippen LogP contribution < -0.4 is 16.4 Å². The van der Waals surface area contributed by atoms with Gasteiger partial charge in [0.15, 0.2) is 11.4 Å². The zero-order valence-electron chi connectivity index (χ0n) is 25.6. The summed E-state index contributed by atoms with van der Waals surface area (Å²) in [6.07, 6.45) is 1.37. The molecule has 1 amide bonds. The molecule has 11 nitrogen and oxygen atoms in total. The van der Waals surface area contributed by atoms with Crippen molar-refractivity contribution in [1.82, 2.24) is 4.90 Å². The molecule has 1 saturated heterocycles. The number of aromatic hydroxyl groups is 1. The second-order valence-electron chi connectivity index (χ2n) is 13.5. The number of anilines is 1. The second-order valence-corrected chi connectivity index (χ2v) is 13.5. The van der Waals surface area contributed by atoms with Crippen molar-refractivity contribution in [2.24, 2.45) is 23.3 Å². The van der Waals surface area contributed by atoms with Crippen LogP contribution in [0.5, 0.6) is 5.75 Å². The largest absolute Gasteiger partial charge is 0.510 e. The molecular weight excluding hydrogens is 564 g/mol. The fraction of sp³-hybridized carbons (Fsp3) is 0.455. The van der Waals surface area contributed by atoms with Crippen LogP contribution in [0.25, 0.3) is 0 Å². The predicted molar refractivity (Wildman–Crippen MR) is 163 cm³/mol. The molecule has 0 bridgehead atoms. The first-order valence-electron chi connectivity index (χ1n) is 14.7. The summed E-state index contributed by atoms with van der Waals surface area (Å²) < 4.78 is 5.78. The van der Waals surface area contributed by atoms with Gasteiger partial charge in [-0.2, -0.15) is 0 Å². The molecule has 44 heavy (non-hydrogen) atoms. The number of epoxide rings is 1. The van der Waals surface area contributed by atoms with Crippen LogP contribution >= 0.6 is 0 Å². The number of carbonyl (C=O) groups is 2. The summed E-state index contributed by atoms with van der Waals surface area (Å²) in [5.41, 5.74) is 12.2. The number of nitrogens with two attached hydrogens (primary N) is 2. The first-order chi connectivity index (χ1) is 20.6. The highest BCUT2D eigenvalue weighted by Crippen LogP contribution is 2.68. The third-order valence-electron chi connectivity index (χ3n) is 9.82. The van der Waals surface area contributed by atoms with Gasteiger partial charge in [-0.15, -0.1) is 0 Å². The monoisotopic (exact) mass is 604 g/mol. The standard InChI is InChI=1S/C33H40N4O7/c1-31(35,14-16-9-7-6-8-10-16)15-18-13-21(36(2)3)19-11-17-12-20-25(37(4)5)28(40)24(30(34)42)33(43)32(20,44-33)29(41)22(17)27(39)23(19)26(18)38/h6-10,13,17,20,25,38,40-41,43H,11-12,14-15,35H2,1-5H3,(H2,34,42)/t17-,20-,25-,31?,32-,33?/m0/s1. The van der Waals surface area contributed by atoms with Crippen molar-refractivity contribution in [3.05, 3.63) is 81.3 Å². The number of phenols is 1. The van der Waals surface area contributed by atoms with E-state index in [0.29, 0.717) is 24.0 Å². The summed E-state index contributed by atoms with van der Waals surface area (Å²) in [5, 5.41) is 46.1. The second kappa shape index (κ2) is 9.80. The Labute approximate surface area is 256 Å². The summed E-state index contributed by atoms with van der Waals surface area (Å²) in [6, 6.07) is 10.8. The number of phenolic OH excluding ortho intramolecular Hbond substituents is 1. The summed E-state index contributed by atoms with van der Waals surface area (Å²) in [5.74, 6) is -6.39. The number of amides is 1. The minimum Gasteiger partial charge on any atom is -0.510 e. The molecule has 2 aromatic rings. The van der Waals surface area contributed by atoms with Gasteiger partial charge in [0.2, 0.25) is 5.79 Å². The summed E-state index contributed by atoms with van der Waals surface area (Å²) >= 11 is 0. The lowest BCUT2D eigenvalue weighted by Crippen LogP contribution is -2.57. The maximum atomic E-state index is 14.4. The summed E-state index contributed by atoms with van der Waals surface area (Å²) in [4.78, 5) is 30.3. The van der Waals surface area contributed by atoms with Gasteiger partial charge in [0.1, 0.15) is 22.8 Å². The molecule has 2 unspecified atom stereocenters. The van der Waals surface area contributed by atoms with E-state index in [9.17, 15) is 30.0 Å². The van der Waals surface area contributed by atoms with Gasteiger partial charge in [-0.25, -0.2) is 0 Å². The molecule has 2 aromatic carbocycles. The average molecular weight is 605 g/mol. The Kier molecular flexibility index (Phi) is 6.71. The van der Waals surface area contributed by atoms with Crippen molar-refractivity contribution in [2.75, 3.05) is 33.1 Å². The van der Waals surface area contributed by atoms with Gasteiger partial charge < -0.3 is 41.5 Å². The Balaban J connectivity index is 1.47. The molecule has 4 aliphatic rings. The van der Waals surface area contributed by atoms with Gasteiger partial charge in [0.05, 0.1) is 11.6 Å². The molecule has 1 heterocycles. The highest BCUT2D eigenvalue weighted by atomic mass is 16.8. The molecular formula is C33H40N4O7. The van der Waals surface area contributed by atoms with Crippen LogP contribution in [0, 0.1) is 11.8 Å². The molecule has 6 atom stereocenters. The van der Waals surface area contributed by atoms with Crippen molar-refractivity contribution < 1.29 is 34.8 Å². The van der Waals surface area contributed by atoms with Gasteiger partial charge in [0, 0.05) is 36.8 Å². The first-order valence-corrected chi connectivity index (χ1v) is 14.7. The van der Waals surface area contributed by atoms with Gasteiger partial charge in [-0.05, 0) is 75.4 Å². The number of fused-ring (bicyclic) bond motifs is 2. The number of rotatable bonds is 7. The number of hydrogen-bond acceptors (Lipinski definition) is 10.